The van der Waals surface area contributed by atoms with E-state index in [-0.39, 0.29) is 11.2 Å². The fourth-order valence-corrected chi connectivity index (χ4v) is 2.50. The van der Waals surface area contributed by atoms with Gasteiger partial charge in [-0.1, -0.05) is 12.1 Å². The van der Waals surface area contributed by atoms with Crippen LogP contribution in [0.3, 0.4) is 0 Å². The molecular formula is C16H20BNO3. The van der Waals surface area contributed by atoms with Crippen LogP contribution >= 0.6 is 0 Å². The quantitative estimate of drug-likeness (QED) is 0.795. The number of benzene rings is 1. The zero-order valence-electron chi connectivity index (χ0n) is 13.1. The molecule has 1 aromatic carbocycles. The Morgan fingerprint density at radius 1 is 1.05 bits per heavy atom. The van der Waals surface area contributed by atoms with Crippen molar-refractivity contribution in [2.75, 3.05) is 7.11 Å². The highest BCUT2D eigenvalue weighted by molar-refractivity contribution is 6.63. The summed E-state index contributed by atoms with van der Waals surface area (Å²) in [5, 5.41) is 0.965. The molecule has 0 N–H and O–H groups in total. The molecule has 0 atom stereocenters. The number of para-hydroxylation sites is 1. The van der Waals surface area contributed by atoms with Crippen LogP contribution in [0, 0.1) is 0 Å². The van der Waals surface area contributed by atoms with Crippen molar-refractivity contribution in [3.8, 4) is 5.75 Å². The van der Waals surface area contributed by atoms with Crippen molar-refractivity contribution in [3.63, 3.8) is 0 Å². The molecule has 0 bridgehead atoms. The van der Waals surface area contributed by atoms with Crippen LogP contribution in [0.4, 0.5) is 0 Å². The Kier molecular flexibility index (Phi) is 3.22. The van der Waals surface area contributed by atoms with Crippen LogP contribution in [0.1, 0.15) is 27.7 Å². The number of methoxy groups -OCH3 is 1. The van der Waals surface area contributed by atoms with Gasteiger partial charge in [-0.2, -0.15) is 0 Å². The molecule has 0 saturated carbocycles. The average Bonchev–Trinajstić information content (AvgIpc) is 2.66. The van der Waals surface area contributed by atoms with Crippen LogP contribution < -0.4 is 10.2 Å². The van der Waals surface area contributed by atoms with Gasteiger partial charge in [-0.05, 0) is 39.8 Å². The highest BCUT2D eigenvalue weighted by Crippen LogP contribution is 2.37. The fraction of sp³-hybridized carbons (Fsp3) is 0.438. The summed E-state index contributed by atoms with van der Waals surface area (Å²) in [5.74, 6) is 0.763. The van der Waals surface area contributed by atoms with Crippen molar-refractivity contribution < 1.29 is 14.0 Å². The largest absolute Gasteiger partial charge is 0.500 e. The Morgan fingerprint density at radius 3 is 2.29 bits per heavy atom. The number of nitrogens with zero attached hydrogens (tertiary/aromatic N) is 1. The van der Waals surface area contributed by atoms with E-state index in [2.05, 4.69) is 4.98 Å². The number of ether oxygens (including phenoxy) is 1. The molecule has 5 heteroatoms. The minimum absolute atomic E-state index is 0.381. The molecule has 1 aliphatic rings. The topological polar surface area (TPSA) is 40.6 Å². The van der Waals surface area contributed by atoms with E-state index < -0.39 is 7.12 Å². The van der Waals surface area contributed by atoms with Gasteiger partial charge in [-0.15, -0.1) is 0 Å². The maximum Gasteiger partial charge on any atom is 0.500 e. The summed E-state index contributed by atoms with van der Waals surface area (Å²) in [6.07, 6.45) is 1.78. The molecule has 0 unspecified atom stereocenters. The average molecular weight is 285 g/mol. The fourth-order valence-electron chi connectivity index (χ4n) is 2.50. The third-order valence-electron chi connectivity index (χ3n) is 4.46. The second-order valence-electron chi connectivity index (χ2n) is 6.35. The van der Waals surface area contributed by atoms with Gasteiger partial charge < -0.3 is 14.0 Å². The summed E-state index contributed by atoms with van der Waals surface area (Å²) in [4.78, 5) is 4.49. The highest BCUT2D eigenvalue weighted by atomic mass is 16.7. The van der Waals surface area contributed by atoms with Gasteiger partial charge in [0, 0.05) is 17.0 Å². The van der Waals surface area contributed by atoms with Crippen molar-refractivity contribution in [3.05, 3.63) is 30.5 Å². The number of aromatic nitrogens is 1. The Balaban J connectivity index is 2.10. The molecule has 21 heavy (non-hydrogen) atoms. The predicted octanol–water partition coefficient (Wildman–Crippen LogP) is 2.54. The summed E-state index contributed by atoms with van der Waals surface area (Å²) in [5.41, 5.74) is 0.965. The molecule has 110 valence electrons. The molecule has 2 aromatic rings. The van der Waals surface area contributed by atoms with Crippen molar-refractivity contribution in [1.82, 2.24) is 4.98 Å². The lowest BCUT2D eigenvalue weighted by Crippen LogP contribution is -2.41. The van der Waals surface area contributed by atoms with Crippen LogP contribution in [0.5, 0.6) is 5.75 Å². The lowest BCUT2D eigenvalue weighted by molar-refractivity contribution is 0.00578. The summed E-state index contributed by atoms with van der Waals surface area (Å²) in [6.45, 7) is 8.14. The van der Waals surface area contributed by atoms with Gasteiger partial charge in [0.05, 0.1) is 23.8 Å². The number of hydrogen-bond acceptors (Lipinski definition) is 4. The van der Waals surface area contributed by atoms with Crippen molar-refractivity contribution in [2.24, 2.45) is 0 Å². The second-order valence-corrected chi connectivity index (χ2v) is 6.35. The first kappa shape index (κ1) is 14.4. The highest BCUT2D eigenvalue weighted by Gasteiger charge is 2.52. The third kappa shape index (κ3) is 2.21. The minimum atomic E-state index is -0.470. The zero-order chi connectivity index (χ0) is 15.3. The molecule has 3 rings (SSSR count). The van der Waals surface area contributed by atoms with Gasteiger partial charge >= 0.3 is 7.12 Å². The molecule has 1 saturated heterocycles. The third-order valence-corrected chi connectivity index (χ3v) is 4.46. The Bertz CT molecular complexity index is 668. The maximum absolute atomic E-state index is 6.10. The molecule has 0 aliphatic carbocycles. The molecule has 4 nitrogen and oxygen atoms in total. The molecule has 1 aromatic heterocycles. The number of pyridine rings is 1. The first-order valence-electron chi connectivity index (χ1n) is 7.13. The van der Waals surface area contributed by atoms with E-state index in [0.717, 1.165) is 22.1 Å². The van der Waals surface area contributed by atoms with E-state index in [4.69, 9.17) is 14.0 Å². The summed E-state index contributed by atoms with van der Waals surface area (Å²) in [6, 6.07) is 7.89. The molecule has 0 radical (unpaired) electrons. The Hall–Kier alpha value is -1.59. The standard InChI is InChI=1S/C16H20BNO3/c1-15(2)16(3,4)21-17(20-15)12-10-18-13-9-7-6-8-11(13)14(12)19-5/h6-10H,1-5H3. The second kappa shape index (κ2) is 4.72. The molecule has 1 aliphatic heterocycles. The van der Waals surface area contributed by atoms with Crippen LogP contribution in [0.2, 0.25) is 0 Å². The van der Waals surface area contributed by atoms with E-state index in [9.17, 15) is 0 Å². The Labute approximate surface area is 125 Å². The summed E-state index contributed by atoms with van der Waals surface area (Å²) >= 11 is 0. The zero-order valence-corrected chi connectivity index (χ0v) is 13.1. The van der Waals surface area contributed by atoms with Gasteiger partial charge in [0.15, 0.2) is 0 Å². The monoisotopic (exact) mass is 285 g/mol. The van der Waals surface area contributed by atoms with E-state index in [1.165, 1.54) is 0 Å². The van der Waals surface area contributed by atoms with Gasteiger partial charge in [0.1, 0.15) is 5.75 Å². The van der Waals surface area contributed by atoms with E-state index in [0.29, 0.717) is 0 Å². The first-order chi connectivity index (χ1) is 9.86. The van der Waals surface area contributed by atoms with Crippen molar-refractivity contribution in [2.45, 2.75) is 38.9 Å². The minimum Gasteiger partial charge on any atom is -0.496 e. The number of fused-ring (bicyclic) bond motifs is 1. The lowest BCUT2D eigenvalue weighted by Gasteiger charge is -2.32. The van der Waals surface area contributed by atoms with Crippen molar-refractivity contribution in [1.29, 1.82) is 0 Å². The van der Waals surface area contributed by atoms with Crippen molar-refractivity contribution >= 4 is 23.5 Å². The molecule has 0 spiro atoms. The molecule has 2 heterocycles. The molecule has 1 fully saturated rings. The normalized spacial score (nSPS) is 20.0. The van der Waals surface area contributed by atoms with Gasteiger partial charge in [0.25, 0.3) is 0 Å². The smallest absolute Gasteiger partial charge is 0.496 e. The van der Waals surface area contributed by atoms with E-state index in [1.54, 1.807) is 13.3 Å². The van der Waals surface area contributed by atoms with Gasteiger partial charge in [-0.3, -0.25) is 4.98 Å². The summed E-state index contributed by atoms with van der Waals surface area (Å²) < 4.78 is 17.8. The number of rotatable bonds is 2. The first-order valence-corrected chi connectivity index (χ1v) is 7.13. The van der Waals surface area contributed by atoms with E-state index in [1.807, 2.05) is 52.0 Å². The van der Waals surface area contributed by atoms with Crippen LogP contribution in [-0.4, -0.2) is 30.4 Å². The molecule has 0 amide bonds. The Morgan fingerprint density at radius 2 is 1.67 bits per heavy atom. The summed E-state index contributed by atoms with van der Waals surface area (Å²) in [7, 11) is 1.19. The van der Waals surface area contributed by atoms with Gasteiger partial charge in [0.2, 0.25) is 0 Å². The van der Waals surface area contributed by atoms with Gasteiger partial charge in [-0.25, -0.2) is 0 Å². The van der Waals surface area contributed by atoms with E-state index >= 15 is 0 Å². The van der Waals surface area contributed by atoms with Crippen LogP contribution in [0.15, 0.2) is 30.5 Å². The van der Waals surface area contributed by atoms with Crippen LogP contribution in [-0.2, 0) is 9.31 Å². The SMILES string of the molecule is COc1c(B2OC(C)(C)C(C)(C)O2)cnc2ccccc12. The predicted molar refractivity (Wildman–Crippen MR) is 84.0 cm³/mol. The number of hydrogen-bond donors (Lipinski definition) is 0. The van der Waals surface area contributed by atoms with Crippen LogP contribution in [0.25, 0.3) is 10.9 Å². The maximum atomic E-state index is 6.10. The lowest BCUT2D eigenvalue weighted by atomic mass is 9.79. The molecular weight excluding hydrogens is 265 g/mol.